The maximum atomic E-state index is 11.6. The Morgan fingerprint density at radius 2 is 2.30 bits per heavy atom. The molecule has 3 N–H and O–H groups in total. The van der Waals surface area contributed by atoms with Crippen LogP contribution in [0.15, 0.2) is 22.7 Å². The summed E-state index contributed by atoms with van der Waals surface area (Å²) in [7, 11) is 0. The van der Waals surface area contributed by atoms with Crippen LogP contribution in [-0.2, 0) is 11.3 Å². The molecule has 1 fully saturated rings. The van der Waals surface area contributed by atoms with Gasteiger partial charge in [-0.3, -0.25) is 4.79 Å². The molecule has 0 aliphatic carbocycles. The van der Waals surface area contributed by atoms with Crippen molar-refractivity contribution in [2.24, 2.45) is 5.73 Å². The molecule has 1 heterocycles. The van der Waals surface area contributed by atoms with Gasteiger partial charge in [0, 0.05) is 29.3 Å². The quantitative estimate of drug-likeness (QED) is 0.865. The average Bonchev–Trinajstić information content (AvgIpc) is 2.86. The summed E-state index contributed by atoms with van der Waals surface area (Å²) in [6, 6.07) is 6.47. The second-order valence-corrected chi connectivity index (χ2v) is 6.48. The highest BCUT2D eigenvalue weighted by Gasteiger charge is 2.30. The van der Waals surface area contributed by atoms with Gasteiger partial charge in [-0.05, 0) is 30.5 Å². The average molecular weight is 340 g/mol. The smallest absolute Gasteiger partial charge is 0.240 e. The molecule has 0 bridgehead atoms. The molecule has 0 aromatic heterocycles. The van der Waals surface area contributed by atoms with E-state index in [0.717, 1.165) is 36.1 Å². The highest BCUT2D eigenvalue weighted by Crippen LogP contribution is 2.31. The van der Waals surface area contributed by atoms with Crippen LogP contribution in [0.5, 0.6) is 0 Å². The Hall–Kier alpha value is -1.07. The Bertz CT molecular complexity index is 490. The molecule has 1 aromatic rings. The van der Waals surface area contributed by atoms with Gasteiger partial charge in [0.05, 0.1) is 0 Å². The molecule has 0 spiro atoms. The second kappa shape index (κ2) is 6.59. The van der Waals surface area contributed by atoms with Crippen molar-refractivity contribution in [1.29, 1.82) is 0 Å². The SMILES string of the molecule is CC(C)NCc1ccc(Br)cc1N1CCCC1C(N)=O. The van der Waals surface area contributed by atoms with Crippen molar-refractivity contribution in [3.63, 3.8) is 0 Å². The first-order chi connectivity index (χ1) is 9.49. The van der Waals surface area contributed by atoms with Crippen LogP contribution >= 0.6 is 15.9 Å². The van der Waals surface area contributed by atoms with Gasteiger partial charge in [0.2, 0.25) is 5.91 Å². The van der Waals surface area contributed by atoms with Gasteiger partial charge in [0.15, 0.2) is 0 Å². The van der Waals surface area contributed by atoms with E-state index in [1.165, 1.54) is 5.56 Å². The first-order valence-corrected chi connectivity index (χ1v) is 7.86. The van der Waals surface area contributed by atoms with E-state index in [2.05, 4.69) is 52.1 Å². The fraction of sp³-hybridized carbons (Fsp3) is 0.533. The largest absolute Gasteiger partial charge is 0.368 e. The van der Waals surface area contributed by atoms with E-state index in [4.69, 9.17) is 5.73 Å². The summed E-state index contributed by atoms with van der Waals surface area (Å²) in [6.45, 7) is 5.93. The molecular weight excluding hydrogens is 318 g/mol. The van der Waals surface area contributed by atoms with Gasteiger partial charge in [0.1, 0.15) is 6.04 Å². The zero-order chi connectivity index (χ0) is 14.7. The third-order valence-electron chi connectivity index (χ3n) is 3.64. The maximum absolute atomic E-state index is 11.6. The van der Waals surface area contributed by atoms with Crippen LogP contribution in [0.4, 0.5) is 5.69 Å². The van der Waals surface area contributed by atoms with Crippen molar-refractivity contribution in [2.45, 2.75) is 45.3 Å². The monoisotopic (exact) mass is 339 g/mol. The predicted molar refractivity (Wildman–Crippen MR) is 85.7 cm³/mol. The molecule has 1 amide bonds. The fourth-order valence-electron chi connectivity index (χ4n) is 2.62. The molecule has 1 atom stereocenters. The number of primary amides is 1. The van der Waals surface area contributed by atoms with Crippen LogP contribution in [0.3, 0.4) is 0 Å². The van der Waals surface area contributed by atoms with Crippen LogP contribution in [0.1, 0.15) is 32.3 Å². The molecule has 2 rings (SSSR count). The topological polar surface area (TPSA) is 58.4 Å². The van der Waals surface area contributed by atoms with Crippen molar-refractivity contribution in [3.05, 3.63) is 28.2 Å². The third-order valence-corrected chi connectivity index (χ3v) is 4.13. The molecule has 1 unspecified atom stereocenters. The van der Waals surface area contributed by atoms with E-state index >= 15 is 0 Å². The summed E-state index contributed by atoms with van der Waals surface area (Å²) in [5, 5.41) is 3.43. The fourth-order valence-corrected chi connectivity index (χ4v) is 2.97. The van der Waals surface area contributed by atoms with Gasteiger partial charge in [-0.15, -0.1) is 0 Å². The Kier molecular flexibility index (Phi) is 5.05. The number of carbonyl (C=O) groups is 1. The minimum absolute atomic E-state index is 0.179. The zero-order valence-corrected chi connectivity index (χ0v) is 13.6. The summed E-state index contributed by atoms with van der Waals surface area (Å²) in [5.41, 5.74) is 7.84. The molecule has 0 radical (unpaired) electrons. The van der Waals surface area contributed by atoms with Gasteiger partial charge < -0.3 is 16.0 Å². The van der Waals surface area contributed by atoms with Crippen LogP contribution in [0, 0.1) is 0 Å². The summed E-state index contributed by atoms with van der Waals surface area (Å²) in [5.74, 6) is -0.231. The number of anilines is 1. The lowest BCUT2D eigenvalue weighted by Gasteiger charge is -2.27. The minimum atomic E-state index is -0.231. The summed E-state index contributed by atoms with van der Waals surface area (Å²) in [6.07, 6.45) is 1.86. The van der Waals surface area contributed by atoms with Gasteiger partial charge in [-0.1, -0.05) is 35.8 Å². The highest BCUT2D eigenvalue weighted by atomic mass is 79.9. The van der Waals surface area contributed by atoms with Gasteiger partial charge in [0.25, 0.3) is 0 Å². The van der Waals surface area contributed by atoms with Gasteiger partial charge >= 0.3 is 0 Å². The number of hydrogen-bond acceptors (Lipinski definition) is 3. The Morgan fingerprint density at radius 1 is 1.55 bits per heavy atom. The van der Waals surface area contributed by atoms with E-state index < -0.39 is 0 Å². The second-order valence-electron chi connectivity index (χ2n) is 5.56. The number of halogens is 1. The van der Waals surface area contributed by atoms with Crippen molar-refractivity contribution in [3.8, 4) is 0 Å². The van der Waals surface area contributed by atoms with Crippen molar-refractivity contribution < 1.29 is 4.79 Å². The number of nitrogens with one attached hydrogen (secondary N) is 1. The number of nitrogens with zero attached hydrogens (tertiary/aromatic N) is 1. The number of rotatable bonds is 5. The standard InChI is InChI=1S/C15H22BrN3O/c1-10(2)18-9-11-5-6-12(16)8-14(11)19-7-3-4-13(19)15(17)20/h5-6,8,10,13,18H,3-4,7,9H2,1-2H3,(H2,17,20). The van der Waals surface area contributed by atoms with E-state index in [-0.39, 0.29) is 11.9 Å². The Balaban J connectivity index is 2.28. The molecule has 1 aliphatic rings. The molecule has 4 nitrogen and oxygen atoms in total. The maximum Gasteiger partial charge on any atom is 0.240 e. The lowest BCUT2D eigenvalue weighted by atomic mass is 10.1. The van der Waals surface area contributed by atoms with Crippen molar-refractivity contribution >= 4 is 27.5 Å². The van der Waals surface area contributed by atoms with Crippen molar-refractivity contribution in [1.82, 2.24) is 5.32 Å². The first-order valence-electron chi connectivity index (χ1n) is 7.07. The third kappa shape index (κ3) is 3.52. The summed E-state index contributed by atoms with van der Waals surface area (Å²) in [4.78, 5) is 13.7. The van der Waals surface area contributed by atoms with Crippen LogP contribution in [-0.4, -0.2) is 24.5 Å². The van der Waals surface area contributed by atoms with Gasteiger partial charge in [-0.2, -0.15) is 0 Å². The van der Waals surface area contributed by atoms with Crippen LogP contribution in [0.2, 0.25) is 0 Å². The van der Waals surface area contributed by atoms with E-state index in [0.29, 0.717) is 6.04 Å². The first kappa shape index (κ1) is 15.3. The predicted octanol–water partition coefficient (Wildman–Crippen LogP) is 2.40. The number of benzene rings is 1. The van der Waals surface area contributed by atoms with Gasteiger partial charge in [-0.25, -0.2) is 0 Å². The molecule has 1 aromatic carbocycles. The lowest BCUT2D eigenvalue weighted by molar-refractivity contribution is -0.119. The summed E-state index contributed by atoms with van der Waals surface area (Å²) >= 11 is 3.52. The molecule has 0 saturated carbocycles. The van der Waals surface area contributed by atoms with Crippen LogP contribution < -0.4 is 16.0 Å². The van der Waals surface area contributed by atoms with Crippen molar-refractivity contribution in [2.75, 3.05) is 11.4 Å². The molecule has 1 saturated heterocycles. The van der Waals surface area contributed by atoms with E-state index in [1.54, 1.807) is 0 Å². The molecule has 1 aliphatic heterocycles. The normalized spacial score (nSPS) is 18.8. The Morgan fingerprint density at radius 3 is 2.95 bits per heavy atom. The Labute approximate surface area is 128 Å². The summed E-state index contributed by atoms with van der Waals surface area (Å²) < 4.78 is 1.02. The molecule has 110 valence electrons. The molecule has 20 heavy (non-hydrogen) atoms. The number of nitrogens with two attached hydrogens (primary N) is 1. The number of hydrogen-bond donors (Lipinski definition) is 2. The number of amides is 1. The molecular formula is C15H22BrN3O. The zero-order valence-electron chi connectivity index (χ0n) is 12.0. The van der Waals surface area contributed by atoms with E-state index in [9.17, 15) is 4.79 Å². The number of carbonyl (C=O) groups excluding carboxylic acids is 1. The van der Waals surface area contributed by atoms with Crippen LogP contribution in [0.25, 0.3) is 0 Å². The lowest BCUT2D eigenvalue weighted by Crippen LogP contribution is -2.41. The molecule has 5 heteroatoms. The highest BCUT2D eigenvalue weighted by molar-refractivity contribution is 9.10. The minimum Gasteiger partial charge on any atom is -0.368 e. The van der Waals surface area contributed by atoms with E-state index in [1.807, 2.05) is 6.07 Å².